The summed E-state index contributed by atoms with van der Waals surface area (Å²) in [7, 11) is -2.32. The zero-order chi connectivity index (χ0) is 26.0. The van der Waals surface area contributed by atoms with Gasteiger partial charge in [-0.05, 0) is 55.3 Å². The second-order valence-corrected chi connectivity index (χ2v) is 10.5. The van der Waals surface area contributed by atoms with Gasteiger partial charge in [-0.2, -0.15) is 9.29 Å². The molecule has 0 bridgehead atoms. The maximum atomic E-state index is 13.0. The van der Waals surface area contributed by atoms with E-state index in [-0.39, 0.29) is 10.8 Å². The largest absolute Gasteiger partial charge is 0.465 e. The molecule has 0 radical (unpaired) electrons. The van der Waals surface area contributed by atoms with Crippen molar-refractivity contribution in [2.24, 2.45) is 0 Å². The van der Waals surface area contributed by atoms with Gasteiger partial charge < -0.3 is 25.5 Å². The number of hydrogen-bond acceptors (Lipinski definition) is 9. The van der Waals surface area contributed by atoms with Crippen molar-refractivity contribution in [3.63, 3.8) is 0 Å². The molecule has 3 heterocycles. The number of nitrogens with one attached hydrogen (secondary N) is 3. The maximum absolute atomic E-state index is 13.0. The first-order valence-electron chi connectivity index (χ1n) is 11.7. The Labute approximate surface area is 213 Å². The number of rotatable bonds is 7. The number of fused-ring (bicyclic) bond motifs is 1. The number of anilines is 4. The van der Waals surface area contributed by atoms with Crippen molar-refractivity contribution in [1.82, 2.24) is 19.3 Å². The normalized spacial score (nSPS) is 15.0. The average molecular weight is 523 g/mol. The van der Waals surface area contributed by atoms with Crippen LogP contribution in [0.5, 0.6) is 0 Å². The van der Waals surface area contributed by atoms with Crippen LogP contribution in [0.25, 0.3) is 11.0 Å². The molecule has 0 atom stereocenters. The molecule has 0 unspecified atom stereocenters. The van der Waals surface area contributed by atoms with Gasteiger partial charge in [0.25, 0.3) is 0 Å². The number of benzene rings is 2. The number of hydrogen-bond donors (Lipinski definition) is 4. The van der Waals surface area contributed by atoms with Crippen LogP contribution in [0.15, 0.2) is 65.7 Å². The predicted molar refractivity (Wildman–Crippen MR) is 139 cm³/mol. The fourth-order valence-corrected chi connectivity index (χ4v) is 5.64. The molecule has 4 aromatic rings. The van der Waals surface area contributed by atoms with Crippen LogP contribution in [0, 0.1) is 0 Å². The molecule has 0 aliphatic carbocycles. The van der Waals surface area contributed by atoms with Crippen molar-refractivity contribution >= 4 is 50.2 Å². The van der Waals surface area contributed by atoms with E-state index >= 15 is 0 Å². The lowest BCUT2D eigenvalue weighted by Crippen LogP contribution is -2.39. The van der Waals surface area contributed by atoms with E-state index < -0.39 is 22.1 Å². The number of carbonyl (C=O) groups is 1. The number of esters is 1. The van der Waals surface area contributed by atoms with E-state index in [0.717, 1.165) is 0 Å². The lowest BCUT2D eigenvalue weighted by Gasteiger charge is -2.28. The summed E-state index contributed by atoms with van der Waals surface area (Å²) in [5.41, 5.74) is 2.77. The molecule has 1 saturated heterocycles. The molecule has 12 heteroatoms. The van der Waals surface area contributed by atoms with E-state index in [1.807, 2.05) is 0 Å². The molecule has 0 amide bonds. The van der Waals surface area contributed by atoms with Crippen molar-refractivity contribution in [2.75, 3.05) is 30.8 Å². The fraction of sp³-hybridized carbons (Fsp3) is 0.240. The molecule has 1 fully saturated rings. The third-order valence-electron chi connectivity index (χ3n) is 6.16. The maximum Gasteiger partial charge on any atom is 0.339 e. The van der Waals surface area contributed by atoms with Crippen molar-refractivity contribution in [2.45, 2.75) is 23.8 Å². The summed E-state index contributed by atoms with van der Waals surface area (Å²) >= 11 is 0. The van der Waals surface area contributed by atoms with Crippen LogP contribution in [-0.2, 0) is 14.8 Å². The molecule has 2 aromatic carbocycles. The third kappa shape index (κ3) is 5.12. The number of aromatic amines is 1. The zero-order valence-corrected chi connectivity index (χ0v) is 20.8. The van der Waals surface area contributed by atoms with Crippen LogP contribution in [0.1, 0.15) is 23.2 Å². The van der Waals surface area contributed by atoms with Crippen molar-refractivity contribution in [3.8, 4) is 0 Å². The van der Waals surface area contributed by atoms with Crippen LogP contribution < -0.4 is 10.6 Å². The Balaban J connectivity index is 1.39. The summed E-state index contributed by atoms with van der Waals surface area (Å²) in [6, 6.07) is 15.1. The molecule has 1 aliphatic rings. The van der Waals surface area contributed by atoms with Gasteiger partial charge in [-0.1, -0.05) is 12.1 Å². The van der Waals surface area contributed by atoms with Gasteiger partial charge in [-0.25, -0.2) is 18.2 Å². The van der Waals surface area contributed by atoms with E-state index in [2.05, 4.69) is 25.6 Å². The third-order valence-corrected chi connectivity index (χ3v) is 8.08. The monoisotopic (exact) mass is 522 g/mol. The average Bonchev–Trinajstić information content (AvgIpc) is 3.38. The lowest BCUT2D eigenvalue weighted by atomic mass is 10.1. The standard InChI is InChI=1S/C25H26N6O5S/c1-36-24(33)19-4-2-3-5-20(19)28-23-22-21(10-13-26-22)29-25(30-23)27-16-6-8-18(9-7-16)37(34,35)31-14-11-17(32)12-15-31/h2-10,13,17,26,32H,11-12,14-15H2,1H3,(H2,27,28,29,30). The minimum atomic E-state index is -3.64. The fourth-order valence-electron chi connectivity index (χ4n) is 4.17. The minimum absolute atomic E-state index is 0.179. The molecule has 37 heavy (non-hydrogen) atoms. The molecule has 0 saturated carbocycles. The van der Waals surface area contributed by atoms with Crippen LogP contribution in [0.3, 0.4) is 0 Å². The number of para-hydroxylation sites is 1. The number of methoxy groups -OCH3 is 1. The first-order chi connectivity index (χ1) is 17.8. The van der Waals surface area contributed by atoms with E-state index in [0.29, 0.717) is 59.7 Å². The summed E-state index contributed by atoms with van der Waals surface area (Å²) in [6.45, 7) is 0.589. The zero-order valence-electron chi connectivity index (χ0n) is 20.0. The van der Waals surface area contributed by atoms with E-state index in [1.165, 1.54) is 23.5 Å². The van der Waals surface area contributed by atoms with Gasteiger partial charge in [0.15, 0.2) is 5.82 Å². The Kier molecular flexibility index (Phi) is 6.78. The Morgan fingerprint density at radius 2 is 1.78 bits per heavy atom. The lowest BCUT2D eigenvalue weighted by molar-refractivity contribution is 0.0602. The number of aliphatic hydroxyl groups excluding tert-OH is 1. The van der Waals surface area contributed by atoms with Crippen LogP contribution in [-0.4, -0.2) is 65.1 Å². The first kappa shape index (κ1) is 24.7. The second kappa shape index (κ2) is 10.2. The van der Waals surface area contributed by atoms with E-state index in [4.69, 9.17) is 4.74 Å². The summed E-state index contributed by atoms with van der Waals surface area (Å²) in [6.07, 6.45) is 2.14. The topological polar surface area (TPSA) is 150 Å². The molecule has 11 nitrogen and oxygen atoms in total. The Morgan fingerprint density at radius 3 is 2.51 bits per heavy atom. The number of carbonyl (C=O) groups excluding carboxylic acids is 1. The first-order valence-corrected chi connectivity index (χ1v) is 13.1. The van der Waals surface area contributed by atoms with Gasteiger partial charge in [0, 0.05) is 25.0 Å². The summed E-state index contributed by atoms with van der Waals surface area (Å²) in [4.78, 5) is 24.6. The highest BCUT2D eigenvalue weighted by molar-refractivity contribution is 7.89. The predicted octanol–water partition coefficient (Wildman–Crippen LogP) is 3.38. The van der Waals surface area contributed by atoms with Gasteiger partial charge in [-0.3, -0.25) is 0 Å². The van der Waals surface area contributed by atoms with Gasteiger partial charge in [0.2, 0.25) is 16.0 Å². The molecule has 0 spiro atoms. The highest BCUT2D eigenvalue weighted by atomic mass is 32.2. The van der Waals surface area contributed by atoms with Gasteiger partial charge >= 0.3 is 5.97 Å². The van der Waals surface area contributed by atoms with Crippen molar-refractivity contribution in [3.05, 3.63) is 66.4 Å². The number of piperidine rings is 1. The number of aromatic nitrogens is 3. The van der Waals surface area contributed by atoms with Crippen LogP contribution in [0.4, 0.5) is 23.1 Å². The number of sulfonamides is 1. The molecule has 5 rings (SSSR count). The number of H-pyrrole nitrogens is 1. The summed E-state index contributed by atoms with van der Waals surface area (Å²) in [5.74, 6) is 0.250. The smallest absolute Gasteiger partial charge is 0.339 e. The number of ether oxygens (including phenoxy) is 1. The number of aliphatic hydroxyl groups is 1. The molecule has 2 aromatic heterocycles. The Morgan fingerprint density at radius 1 is 1.05 bits per heavy atom. The second-order valence-electron chi connectivity index (χ2n) is 8.58. The van der Waals surface area contributed by atoms with Crippen molar-refractivity contribution in [1.29, 1.82) is 0 Å². The highest BCUT2D eigenvalue weighted by Crippen LogP contribution is 2.28. The summed E-state index contributed by atoms with van der Waals surface area (Å²) < 4.78 is 32.2. The van der Waals surface area contributed by atoms with Gasteiger partial charge in [0.1, 0.15) is 5.52 Å². The summed E-state index contributed by atoms with van der Waals surface area (Å²) in [5, 5.41) is 16.0. The molecular formula is C25H26N6O5S. The SMILES string of the molecule is COC(=O)c1ccccc1Nc1nc(Nc2ccc(S(=O)(=O)N3CCC(O)CC3)cc2)nc2cc[nH]c12. The van der Waals surface area contributed by atoms with Crippen LogP contribution >= 0.6 is 0 Å². The molecule has 1 aliphatic heterocycles. The van der Waals surface area contributed by atoms with Crippen molar-refractivity contribution < 1.29 is 23.1 Å². The molecule has 192 valence electrons. The minimum Gasteiger partial charge on any atom is -0.465 e. The number of nitrogens with zero attached hydrogens (tertiary/aromatic N) is 3. The van der Waals surface area contributed by atoms with Gasteiger partial charge in [-0.15, -0.1) is 0 Å². The van der Waals surface area contributed by atoms with Gasteiger partial charge in [0.05, 0.1) is 34.9 Å². The Hall–Kier alpha value is -4.00. The molecular weight excluding hydrogens is 496 g/mol. The Bertz CT molecular complexity index is 1530. The van der Waals surface area contributed by atoms with E-state index in [1.54, 1.807) is 48.7 Å². The molecule has 4 N–H and O–H groups in total. The quantitative estimate of drug-likeness (QED) is 0.268. The van der Waals surface area contributed by atoms with E-state index in [9.17, 15) is 18.3 Å². The highest BCUT2D eigenvalue weighted by Gasteiger charge is 2.28. The van der Waals surface area contributed by atoms with Crippen LogP contribution in [0.2, 0.25) is 0 Å².